The first kappa shape index (κ1) is 14.5. The fourth-order valence-corrected chi connectivity index (χ4v) is 1.52. The normalized spacial score (nSPS) is 11.4. The number of rotatable bonds is 4. The molecule has 0 atom stereocenters. The van der Waals surface area contributed by atoms with E-state index in [1.54, 1.807) is 6.07 Å². The van der Waals surface area contributed by atoms with Gasteiger partial charge in [-0.3, -0.25) is 4.79 Å². The lowest BCUT2D eigenvalue weighted by molar-refractivity contribution is -0.137. The van der Waals surface area contributed by atoms with Crippen LogP contribution in [-0.4, -0.2) is 24.4 Å². The molecule has 0 bridgehead atoms. The molecular formula is C12H15F3N2O. The Bertz CT molecular complexity index is 418. The largest absolute Gasteiger partial charge is 0.416 e. The molecule has 3 nitrogen and oxygen atoms in total. The van der Waals surface area contributed by atoms with Gasteiger partial charge in [-0.1, -0.05) is 12.1 Å². The fourth-order valence-electron chi connectivity index (χ4n) is 1.52. The molecule has 0 saturated heterocycles. The Balaban J connectivity index is 2.76. The summed E-state index contributed by atoms with van der Waals surface area (Å²) in [6.07, 6.45) is -4.18. The molecule has 0 fully saturated rings. The minimum atomic E-state index is -4.37. The molecule has 6 heteroatoms. The van der Waals surface area contributed by atoms with Crippen LogP contribution in [0.1, 0.15) is 17.5 Å². The van der Waals surface area contributed by atoms with Crippen LogP contribution in [0, 0.1) is 0 Å². The zero-order chi connectivity index (χ0) is 13.8. The topological polar surface area (TPSA) is 46.3 Å². The first-order valence-electron chi connectivity index (χ1n) is 5.44. The molecule has 0 aromatic heterocycles. The molecular weight excluding hydrogens is 245 g/mol. The Morgan fingerprint density at radius 2 is 2.06 bits per heavy atom. The van der Waals surface area contributed by atoms with Gasteiger partial charge in [0.1, 0.15) is 0 Å². The molecule has 0 aliphatic rings. The van der Waals surface area contributed by atoms with Crippen molar-refractivity contribution in [2.75, 3.05) is 13.6 Å². The van der Waals surface area contributed by atoms with Gasteiger partial charge >= 0.3 is 6.18 Å². The standard InChI is InChI=1S/C12H15F3N2O/c1-17(11(18)5-6-16)8-9-3-2-4-10(7-9)12(13,14)15/h2-4,7H,5-6,8,16H2,1H3. The van der Waals surface area contributed by atoms with E-state index in [-0.39, 0.29) is 25.4 Å². The zero-order valence-corrected chi connectivity index (χ0v) is 10.00. The Kier molecular flexibility index (Phi) is 4.72. The molecule has 1 aromatic rings. The number of nitrogens with two attached hydrogens (primary N) is 1. The number of amides is 1. The summed E-state index contributed by atoms with van der Waals surface area (Å²) in [6, 6.07) is 4.94. The fraction of sp³-hybridized carbons (Fsp3) is 0.417. The van der Waals surface area contributed by atoms with Gasteiger partial charge in [-0.05, 0) is 17.7 Å². The molecule has 0 heterocycles. The number of hydrogen-bond acceptors (Lipinski definition) is 2. The Labute approximate surface area is 103 Å². The predicted octanol–water partition coefficient (Wildman–Crippen LogP) is 2.01. The van der Waals surface area contributed by atoms with Gasteiger partial charge in [0.2, 0.25) is 5.91 Å². The Hall–Kier alpha value is -1.56. The summed E-state index contributed by atoms with van der Waals surface area (Å²) in [5, 5.41) is 0. The van der Waals surface area contributed by atoms with Gasteiger partial charge in [0.15, 0.2) is 0 Å². The quantitative estimate of drug-likeness (QED) is 0.900. The smallest absolute Gasteiger partial charge is 0.341 e. The van der Waals surface area contributed by atoms with Crippen LogP contribution in [0.2, 0.25) is 0 Å². The highest BCUT2D eigenvalue weighted by molar-refractivity contribution is 5.76. The van der Waals surface area contributed by atoms with Gasteiger partial charge in [0, 0.05) is 26.6 Å². The molecule has 2 N–H and O–H groups in total. The van der Waals surface area contributed by atoms with Crippen LogP contribution in [0.3, 0.4) is 0 Å². The summed E-state index contributed by atoms with van der Waals surface area (Å²) in [6.45, 7) is 0.370. The van der Waals surface area contributed by atoms with Crippen molar-refractivity contribution in [1.29, 1.82) is 0 Å². The van der Waals surface area contributed by atoms with Gasteiger partial charge in [-0.25, -0.2) is 0 Å². The van der Waals surface area contributed by atoms with Crippen molar-refractivity contribution in [3.8, 4) is 0 Å². The maximum atomic E-state index is 12.5. The second kappa shape index (κ2) is 5.86. The van der Waals surface area contributed by atoms with Crippen LogP contribution in [0.15, 0.2) is 24.3 Å². The van der Waals surface area contributed by atoms with E-state index in [4.69, 9.17) is 5.73 Å². The van der Waals surface area contributed by atoms with Crippen molar-refractivity contribution < 1.29 is 18.0 Å². The Morgan fingerprint density at radius 3 is 2.61 bits per heavy atom. The third-order valence-corrected chi connectivity index (χ3v) is 2.46. The van der Waals surface area contributed by atoms with Crippen LogP contribution < -0.4 is 5.73 Å². The highest BCUT2D eigenvalue weighted by Gasteiger charge is 2.30. The number of carbonyl (C=O) groups excluding carboxylic acids is 1. The molecule has 0 aliphatic carbocycles. The number of carbonyl (C=O) groups is 1. The second-order valence-corrected chi connectivity index (χ2v) is 3.99. The van der Waals surface area contributed by atoms with E-state index in [9.17, 15) is 18.0 Å². The SMILES string of the molecule is CN(Cc1cccc(C(F)(F)F)c1)C(=O)CCN. The second-order valence-electron chi connectivity index (χ2n) is 3.99. The van der Waals surface area contributed by atoms with Crippen LogP contribution in [0.4, 0.5) is 13.2 Å². The van der Waals surface area contributed by atoms with Crippen molar-refractivity contribution in [3.63, 3.8) is 0 Å². The molecule has 1 aromatic carbocycles. The van der Waals surface area contributed by atoms with Crippen molar-refractivity contribution in [3.05, 3.63) is 35.4 Å². The lowest BCUT2D eigenvalue weighted by atomic mass is 10.1. The first-order valence-corrected chi connectivity index (χ1v) is 5.44. The lowest BCUT2D eigenvalue weighted by Gasteiger charge is -2.17. The van der Waals surface area contributed by atoms with Crippen molar-refractivity contribution in [1.82, 2.24) is 4.90 Å². The van der Waals surface area contributed by atoms with Gasteiger partial charge < -0.3 is 10.6 Å². The summed E-state index contributed by atoms with van der Waals surface area (Å²) < 4.78 is 37.5. The molecule has 0 unspecified atom stereocenters. The maximum absolute atomic E-state index is 12.5. The van der Waals surface area contributed by atoms with Gasteiger partial charge in [-0.15, -0.1) is 0 Å². The highest BCUT2D eigenvalue weighted by Crippen LogP contribution is 2.29. The minimum absolute atomic E-state index is 0.142. The summed E-state index contributed by atoms with van der Waals surface area (Å²) in [7, 11) is 1.54. The van der Waals surface area contributed by atoms with Crippen molar-refractivity contribution in [2.45, 2.75) is 19.1 Å². The molecule has 0 radical (unpaired) electrons. The number of benzene rings is 1. The van der Waals surface area contributed by atoms with Gasteiger partial charge in [0.25, 0.3) is 0 Å². The van der Waals surface area contributed by atoms with E-state index >= 15 is 0 Å². The maximum Gasteiger partial charge on any atom is 0.416 e. The molecule has 0 aliphatic heterocycles. The summed E-state index contributed by atoms with van der Waals surface area (Å²) in [4.78, 5) is 12.8. The molecule has 0 spiro atoms. The summed E-state index contributed by atoms with van der Waals surface area (Å²) in [5.74, 6) is -0.185. The van der Waals surface area contributed by atoms with Crippen LogP contribution >= 0.6 is 0 Å². The number of alkyl halides is 3. The third kappa shape index (κ3) is 4.03. The van der Waals surface area contributed by atoms with E-state index in [0.717, 1.165) is 12.1 Å². The molecule has 0 saturated carbocycles. The molecule has 18 heavy (non-hydrogen) atoms. The molecule has 1 rings (SSSR count). The first-order chi connectivity index (χ1) is 8.34. The van der Waals surface area contributed by atoms with Crippen LogP contribution in [0.25, 0.3) is 0 Å². The van der Waals surface area contributed by atoms with E-state index in [2.05, 4.69) is 0 Å². The molecule has 100 valence electrons. The van der Waals surface area contributed by atoms with Crippen molar-refractivity contribution in [2.24, 2.45) is 5.73 Å². The lowest BCUT2D eigenvalue weighted by Crippen LogP contribution is -2.28. The average molecular weight is 260 g/mol. The van der Waals surface area contributed by atoms with Crippen molar-refractivity contribution >= 4 is 5.91 Å². The predicted molar refractivity (Wildman–Crippen MR) is 61.6 cm³/mol. The Morgan fingerprint density at radius 1 is 1.39 bits per heavy atom. The highest BCUT2D eigenvalue weighted by atomic mass is 19.4. The average Bonchev–Trinajstić information content (AvgIpc) is 2.28. The van der Waals surface area contributed by atoms with E-state index in [0.29, 0.717) is 5.56 Å². The number of hydrogen-bond donors (Lipinski definition) is 1. The number of nitrogens with zero attached hydrogens (tertiary/aromatic N) is 1. The summed E-state index contributed by atoms with van der Waals surface area (Å²) >= 11 is 0. The molecule has 1 amide bonds. The number of halogens is 3. The zero-order valence-electron chi connectivity index (χ0n) is 10.00. The van der Waals surface area contributed by atoms with Crippen LogP contribution in [0.5, 0.6) is 0 Å². The van der Waals surface area contributed by atoms with E-state index < -0.39 is 11.7 Å². The monoisotopic (exact) mass is 260 g/mol. The van der Waals surface area contributed by atoms with E-state index in [1.807, 2.05) is 0 Å². The third-order valence-electron chi connectivity index (χ3n) is 2.46. The van der Waals surface area contributed by atoms with Gasteiger partial charge in [0.05, 0.1) is 5.56 Å². The summed E-state index contributed by atoms with van der Waals surface area (Å²) in [5.41, 5.74) is 4.98. The van der Waals surface area contributed by atoms with Crippen LogP contribution in [-0.2, 0) is 17.5 Å². The van der Waals surface area contributed by atoms with E-state index in [1.165, 1.54) is 18.0 Å². The minimum Gasteiger partial charge on any atom is -0.341 e. The van der Waals surface area contributed by atoms with Gasteiger partial charge in [-0.2, -0.15) is 13.2 Å².